The van der Waals surface area contributed by atoms with Crippen LogP contribution in [-0.2, 0) is 6.54 Å². The molecule has 0 saturated heterocycles. The van der Waals surface area contributed by atoms with E-state index in [1.54, 1.807) is 0 Å². The molecule has 0 aliphatic heterocycles. The molecule has 1 aliphatic rings. The van der Waals surface area contributed by atoms with Crippen molar-refractivity contribution in [2.75, 3.05) is 18.5 Å². The quantitative estimate of drug-likeness (QED) is 0.785. The second-order valence-electron chi connectivity index (χ2n) is 6.72. The maximum Gasteiger partial charge on any atom is 0.185 e. The van der Waals surface area contributed by atoms with Gasteiger partial charge in [-0.2, -0.15) is 0 Å². The molecule has 3 nitrogen and oxygen atoms in total. The minimum absolute atomic E-state index is 0.509. The van der Waals surface area contributed by atoms with Crippen LogP contribution in [0.1, 0.15) is 63.4 Å². The molecular weight excluding hydrogens is 266 g/mol. The predicted octanol–water partition coefficient (Wildman–Crippen LogP) is 4.00. The first kappa shape index (κ1) is 15.8. The number of anilines is 1. The molecule has 1 aromatic rings. The van der Waals surface area contributed by atoms with Gasteiger partial charge >= 0.3 is 0 Å². The Labute approximate surface area is 127 Å². The van der Waals surface area contributed by atoms with Gasteiger partial charge in [0.1, 0.15) is 0 Å². The molecule has 0 amide bonds. The molecule has 0 aromatic carbocycles. The van der Waals surface area contributed by atoms with Crippen molar-refractivity contribution in [1.29, 1.82) is 0 Å². The molecule has 0 atom stereocenters. The van der Waals surface area contributed by atoms with Gasteiger partial charge in [0.2, 0.25) is 0 Å². The van der Waals surface area contributed by atoms with Crippen molar-refractivity contribution in [2.45, 2.75) is 65.5 Å². The van der Waals surface area contributed by atoms with Gasteiger partial charge < -0.3 is 10.2 Å². The number of hydrogen-bond donors (Lipinski definition) is 1. The van der Waals surface area contributed by atoms with Crippen molar-refractivity contribution in [3.63, 3.8) is 0 Å². The number of nitrogens with zero attached hydrogens (tertiary/aromatic N) is 2. The normalized spacial score (nSPS) is 15.3. The van der Waals surface area contributed by atoms with Gasteiger partial charge in [-0.05, 0) is 31.1 Å². The van der Waals surface area contributed by atoms with Crippen LogP contribution in [0, 0.1) is 5.92 Å². The molecule has 20 heavy (non-hydrogen) atoms. The molecule has 0 unspecified atom stereocenters. The van der Waals surface area contributed by atoms with E-state index in [-0.39, 0.29) is 0 Å². The molecule has 2 rings (SSSR count). The van der Waals surface area contributed by atoms with E-state index in [0.717, 1.165) is 25.0 Å². The Morgan fingerprint density at radius 1 is 1.30 bits per heavy atom. The van der Waals surface area contributed by atoms with Gasteiger partial charge in [-0.1, -0.05) is 27.7 Å². The summed E-state index contributed by atoms with van der Waals surface area (Å²) in [6.07, 6.45) is 3.91. The number of hydrogen-bond acceptors (Lipinski definition) is 4. The fourth-order valence-corrected chi connectivity index (χ4v) is 3.32. The highest BCUT2D eigenvalue weighted by atomic mass is 32.1. The second-order valence-corrected chi connectivity index (χ2v) is 7.78. The highest BCUT2D eigenvalue weighted by Crippen LogP contribution is 2.31. The summed E-state index contributed by atoms with van der Waals surface area (Å²) in [4.78, 5) is 8.64. The lowest BCUT2D eigenvalue weighted by molar-refractivity contribution is 0.584. The summed E-state index contributed by atoms with van der Waals surface area (Å²) >= 11 is 1.87. The number of nitrogens with one attached hydrogen (secondary N) is 1. The third kappa shape index (κ3) is 4.45. The average molecular weight is 295 g/mol. The third-order valence-corrected chi connectivity index (χ3v) is 4.95. The fraction of sp³-hybridized carbons (Fsp3) is 0.812. The summed E-state index contributed by atoms with van der Waals surface area (Å²) in [5, 5.41) is 4.80. The maximum atomic E-state index is 4.89. The fourth-order valence-electron chi connectivity index (χ4n) is 2.16. The van der Waals surface area contributed by atoms with E-state index in [1.165, 1.54) is 35.0 Å². The molecule has 1 aromatic heterocycles. The topological polar surface area (TPSA) is 28.2 Å². The van der Waals surface area contributed by atoms with E-state index in [1.807, 2.05) is 11.3 Å². The van der Waals surface area contributed by atoms with Crippen LogP contribution >= 0.6 is 11.3 Å². The Morgan fingerprint density at radius 3 is 2.55 bits per heavy atom. The summed E-state index contributed by atoms with van der Waals surface area (Å²) in [7, 11) is 2.17. The van der Waals surface area contributed by atoms with Gasteiger partial charge in [-0.15, -0.1) is 11.3 Å². The van der Waals surface area contributed by atoms with Crippen LogP contribution in [0.5, 0.6) is 0 Å². The smallest absolute Gasteiger partial charge is 0.185 e. The first-order valence-electron chi connectivity index (χ1n) is 7.91. The van der Waals surface area contributed by atoms with E-state index < -0.39 is 0 Å². The van der Waals surface area contributed by atoms with Crippen molar-refractivity contribution in [2.24, 2.45) is 5.92 Å². The van der Waals surface area contributed by atoms with Crippen molar-refractivity contribution >= 4 is 16.5 Å². The summed E-state index contributed by atoms with van der Waals surface area (Å²) < 4.78 is 0. The predicted molar refractivity (Wildman–Crippen MR) is 88.8 cm³/mol. The van der Waals surface area contributed by atoms with E-state index in [0.29, 0.717) is 5.92 Å². The Balaban J connectivity index is 2.02. The van der Waals surface area contributed by atoms with Crippen LogP contribution in [0.2, 0.25) is 0 Å². The van der Waals surface area contributed by atoms with Crippen LogP contribution in [0.3, 0.4) is 0 Å². The highest BCUT2D eigenvalue weighted by molar-refractivity contribution is 7.15. The summed E-state index contributed by atoms with van der Waals surface area (Å²) in [6, 6.07) is 0.763. The molecule has 4 heteroatoms. The zero-order valence-electron chi connectivity index (χ0n) is 13.6. The highest BCUT2D eigenvalue weighted by Gasteiger charge is 2.22. The summed E-state index contributed by atoms with van der Waals surface area (Å²) in [5.74, 6) is 1.26. The minimum atomic E-state index is 0.509. The molecule has 1 saturated carbocycles. The van der Waals surface area contributed by atoms with Crippen LogP contribution in [0.4, 0.5) is 5.13 Å². The molecular formula is C16H29N3S. The van der Waals surface area contributed by atoms with Crippen molar-refractivity contribution in [3.05, 3.63) is 10.6 Å². The van der Waals surface area contributed by atoms with Crippen molar-refractivity contribution in [1.82, 2.24) is 10.3 Å². The molecule has 1 heterocycles. The lowest BCUT2D eigenvalue weighted by atomic mass is 10.1. The van der Waals surface area contributed by atoms with E-state index in [2.05, 4.69) is 45.0 Å². The number of rotatable bonds is 8. The van der Waals surface area contributed by atoms with E-state index in [9.17, 15) is 0 Å². The SMILES string of the molecule is CC(C)CCN(C)c1nc(C(C)C)c(CNC2CC2)s1. The lowest BCUT2D eigenvalue weighted by Gasteiger charge is -2.16. The van der Waals surface area contributed by atoms with E-state index in [4.69, 9.17) is 4.98 Å². The van der Waals surface area contributed by atoms with Crippen molar-refractivity contribution in [3.8, 4) is 0 Å². The summed E-state index contributed by atoms with van der Waals surface area (Å²) in [5.41, 5.74) is 1.29. The first-order valence-corrected chi connectivity index (χ1v) is 8.73. The summed E-state index contributed by atoms with van der Waals surface area (Å²) in [6.45, 7) is 11.1. The van der Waals surface area contributed by atoms with Gasteiger partial charge in [0, 0.05) is 31.1 Å². The molecule has 1 fully saturated rings. The van der Waals surface area contributed by atoms with Gasteiger partial charge in [-0.25, -0.2) is 4.98 Å². The minimum Gasteiger partial charge on any atom is -0.351 e. The van der Waals surface area contributed by atoms with Gasteiger partial charge in [0.25, 0.3) is 0 Å². The Morgan fingerprint density at radius 2 is 2.00 bits per heavy atom. The van der Waals surface area contributed by atoms with Crippen LogP contribution in [0.25, 0.3) is 0 Å². The first-order chi connectivity index (χ1) is 9.47. The Bertz CT molecular complexity index is 421. The van der Waals surface area contributed by atoms with Crippen LogP contribution < -0.4 is 10.2 Å². The largest absolute Gasteiger partial charge is 0.351 e. The molecule has 1 aliphatic carbocycles. The van der Waals surface area contributed by atoms with Gasteiger partial charge in [0.05, 0.1) is 5.69 Å². The standard InChI is InChI=1S/C16H29N3S/c1-11(2)8-9-19(5)16-18-15(12(3)4)14(20-16)10-17-13-6-7-13/h11-13,17H,6-10H2,1-5H3. The number of aromatic nitrogens is 1. The van der Waals surface area contributed by atoms with Crippen LogP contribution in [0.15, 0.2) is 0 Å². The van der Waals surface area contributed by atoms with E-state index >= 15 is 0 Å². The maximum absolute atomic E-state index is 4.89. The Hall–Kier alpha value is -0.610. The zero-order valence-corrected chi connectivity index (χ0v) is 14.4. The molecule has 114 valence electrons. The monoisotopic (exact) mass is 295 g/mol. The molecule has 0 radical (unpaired) electrons. The second kappa shape index (κ2) is 6.90. The lowest BCUT2D eigenvalue weighted by Crippen LogP contribution is -2.19. The average Bonchev–Trinajstić information content (AvgIpc) is 3.11. The van der Waals surface area contributed by atoms with Gasteiger partial charge in [0.15, 0.2) is 5.13 Å². The van der Waals surface area contributed by atoms with Crippen molar-refractivity contribution < 1.29 is 0 Å². The third-order valence-electron chi connectivity index (χ3n) is 3.76. The Kier molecular flexibility index (Phi) is 5.44. The number of thiazole rings is 1. The van der Waals surface area contributed by atoms with Gasteiger partial charge in [-0.3, -0.25) is 0 Å². The molecule has 1 N–H and O–H groups in total. The van der Waals surface area contributed by atoms with Crippen LogP contribution in [-0.4, -0.2) is 24.6 Å². The molecule has 0 bridgehead atoms. The zero-order chi connectivity index (χ0) is 14.7. The molecule has 0 spiro atoms.